The molecule has 1 atom stereocenters. The number of hydrogen-bond donors (Lipinski definition) is 1. The maximum Gasteiger partial charge on any atom is 0.338 e. The van der Waals surface area contributed by atoms with E-state index in [1.165, 1.54) is 0 Å². The predicted octanol–water partition coefficient (Wildman–Crippen LogP) is 3.87. The van der Waals surface area contributed by atoms with Gasteiger partial charge in [0.1, 0.15) is 17.4 Å². The Morgan fingerprint density at radius 1 is 1.17 bits per heavy atom. The lowest BCUT2D eigenvalue weighted by Crippen LogP contribution is -2.25. The SMILES string of the molecule is CCOC(=O)C1=C(C)OC(N)=C(C#N)C1c1cccc(-c2ccccc2C#N)c1. The molecule has 1 aliphatic rings. The van der Waals surface area contributed by atoms with Crippen LogP contribution in [0.4, 0.5) is 0 Å². The molecule has 1 unspecified atom stereocenters. The highest BCUT2D eigenvalue weighted by atomic mass is 16.5. The second-order valence-electron chi connectivity index (χ2n) is 6.40. The van der Waals surface area contributed by atoms with Gasteiger partial charge < -0.3 is 15.2 Å². The molecule has 6 nitrogen and oxygen atoms in total. The number of benzene rings is 2. The minimum Gasteiger partial charge on any atom is -0.463 e. The average Bonchev–Trinajstić information content (AvgIpc) is 2.73. The fourth-order valence-corrected chi connectivity index (χ4v) is 3.41. The summed E-state index contributed by atoms with van der Waals surface area (Å²) >= 11 is 0. The standard InChI is InChI=1S/C23H19N3O3/c1-3-28-23(27)20-14(2)29-22(26)19(13-25)21(20)16-9-6-8-15(11-16)18-10-5-4-7-17(18)12-24/h4-11,21H,3,26H2,1-2H3. The molecule has 0 bridgehead atoms. The molecule has 29 heavy (non-hydrogen) atoms. The Bertz CT molecular complexity index is 1120. The van der Waals surface area contributed by atoms with Gasteiger partial charge in [-0.15, -0.1) is 0 Å². The molecule has 0 aliphatic carbocycles. The van der Waals surface area contributed by atoms with Crippen LogP contribution in [0, 0.1) is 22.7 Å². The number of nitriles is 2. The molecule has 6 heteroatoms. The summed E-state index contributed by atoms with van der Waals surface area (Å²) in [6.45, 7) is 3.52. The zero-order valence-corrected chi connectivity index (χ0v) is 16.1. The number of esters is 1. The summed E-state index contributed by atoms with van der Waals surface area (Å²) in [4.78, 5) is 12.6. The summed E-state index contributed by atoms with van der Waals surface area (Å²) in [5.74, 6) is -1.02. The molecule has 0 saturated carbocycles. The Balaban J connectivity index is 2.18. The Morgan fingerprint density at radius 3 is 2.62 bits per heavy atom. The van der Waals surface area contributed by atoms with Crippen molar-refractivity contribution in [2.24, 2.45) is 5.73 Å². The Kier molecular flexibility index (Phi) is 5.66. The van der Waals surface area contributed by atoms with E-state index in [2.05, 4.69) is 12.1 Å². The van der Waals surface area contributed by atoms with Gasteiger partial charge in [-0.05, 0) is 36.6 Å². The van der Waals surface area contributed by atoms with Gasteiger partial charge >= 0.3 is 5.97 Å². The van der Waals surface area contributed by atoms with Crippen molar-refractivity contribution in [3.8, 4) is 23.3 Å². The van der Waals surface area contributed by atoms with E-state index >= 15 is 0 Å². The van der Waals surface area contributed by atoms with Crippen LogP contribution in [0.25, 0.3) is 11.1 Å². The number of carbonyl (C=O) groups is 1. The van der Waals surface area contributed by atoms with Crippen LogP contribution in [-0.2, 0) is 14.3 Å². The third kappa shape index (κ3) is 3.69. The first-order chi connectivity index (χ1) is 14.0. The van der Waals surface area contributed by atoms with E-state index in [-0.39, 0.29) is 23.6 Å². The molecule has 2 aromatic rings. The van der Waals surface area contributed by atoms with Crippen LogP contribution in [0.5, 0.6) is 0 Å². The summed E-state index contributed by atoms with van der Waals surface area (Å²) < 4.78 is 10.6. The Labute approximate surface area is 169 Å². The fraction of sp³-hybridized carbons (Fsp3) is 0.174. The molecule has 144 valence electrons. The molecule has 1 aliphatic heterocycles. The lowest BCUT2D eigenvalue weighted by molar-refractivity contribution is -0.139. The number of rotatable bonds is 4. The van der Waals surface area contributed by atoms with Crippen molar-refractivity contribution >= 4 is 5.97 Å². The first-order valence-electron chi connectivity index (χ1n) is 9.06. The molecule has 0 saturated heterocycles. The quantitative estimate of drug-likeness (QED) is 0.800. The molecule has 0 amide bonds. The maximum absolute atomic E-state index is 12.6. The van der Waals surface area contributed by atoms with E-state index in [0.29, 0.717) is 16.9 Å². The van der Waals surface area contributed by atoms with Gasteiger partial charge in [0.25, 0.3) is 0 Å². The number of ether oxygens (including phenoxy) is 2. The molecule has 0 fully saturated rings. The smallest absolute Gasteiger partial charge is 0.338 e. The van der Waals surface area contributed by atoms with Gasteiger partial charge in [-0.25, -0.2) is 4.79 Å². The van der Waals surface area contributed by atoms with Gasteiger partial charge in [0, 0.05) is 0 Å². The number of nitrogens with two attached hydrogens (primary N) is 1. The van der Waals surface area contributed by atoms with Crippen LogP contribution in [0.1, 0.15) is 30.9 Å². The predicted molar refractivity (Wildman–Crippen MR) is 107 cm³/mol. The normalized spacial score (nSPS) is 15.9. The molecule has 0 spiro atoms. The van der Waals surface area contributed by atoms with Crippen molar-refractivity contribution in [2.75, 3.05) is 6.61 Å². The van der Waals surface area contributed by atoms with Crippen LogP contribution in [0.3, 0.4) is 0 Å². The van der Waals surface area contributed by atoms with E-state index in [4.69, 9.17) is 15.2 Å². The molecular weight excluding hydrogens is 366 g/mol. The zero-order chi connectivity index (χ0) is 21.0. The van der Waals surface area contributed by atoms with Crippen molar-refractivity contribution in [1.82, 2.24) is 0 Å². The maximum atomic E-state index is 12.6. The van der Waals surface area contributed by atoms with E-state index in [9.17, 15) is 15.3 Å². The number of nitrogens with zero attached hydrogens (tertiary/aromatic N) is 2. The van der Waals surface area contributed by atoms with Crippen molar-refractivity contribution in [2.45, 2.75) is 19.8 Å². The first-order valence-corrected chi connectivity index (χ1v) is 9.06. The Hall–Kier alpha value is -4.03. The highest BCUT2D eigenvalue weighted by Crippen LogP contribution is 2.40. The molecule has 3 rings (SSSR count). The topological polar surface area (TPSA) is 109 Å². The third-order valence-corrected chi connectivity index (χ3v) is 4.68. The van der Waals surface area contributed by atoms with Crippen molar-refractivity contribution in [1.29, 1.82) is 10.5 Å². The van der Waals surface area contributed by atoms with E-state index < -0.39 is 11.9 Å². The van der Waals surface area contributed by atoms with Gasteiger partial charge in [0.2, 0.25) is 5.88 Å². The molecule has 2 aromatic carbocycles. The summed E-state index contributed by atoms with van der Waals surface area (Å²) in [5.41, 5.74) is 9.10. The third-order valence-electron chi connectivity index (χ3n) is 4.68. The van der Waals surface area contributed by atoms with Crippen molar-refractivity contribution < 1.29 is 14.3 Å². The molecular formula is C23H19N3O3. The van der Waals surface area contributed by atoms with Crippen molar-refractivity contribution in [3.05, 3.63) is 82.4 Å². The lowest BCUT2D eigenvalue weighted by atomic mass is 9.82. The minimum atomic E-state index is -0.720. The van der Waals surface area contributed by atoms with E-state index in [1.807, 2.05) is 36.4 Å². The Morgan fingerprint density at radius 2 is 1.93 bits per heavy atom. The molecule has 0 aromatic heterocycles. The van der Waals surface area contributed by atoms with Crippen LogP contribution in [0.2, 0.25) is 0 Å². The zero-order valence-electron chi connectivity index (χ0n) is 16.1. The summed E-state index contributed by atoms with van der Waals surface area (Å²) in [6, 6.07) is 18.8. The second-order valence-corrected chi connectivity index (χ2v) is 6.40. The van der Waals surface area contributed by atoms with Gasteiger partial charge in [0.05, 0.1) is 29.7 Å². The second kappa shape index (κ2) is 8.33. The summed E-state index contributed by atoms with van der Waals surface area (Å²) in [7, 11) is 0. The van der Waals surface area contributed by atoms with Crippen LogP contribution < -0.4 is 5.73 Å². The minimum absolute atomic E-state index is 0.0362. The lowest BCUT2D eigenvalue weighted by Gasteiger charge is -2.27. The van der Waals surface area contributed by atoms with Gasteiger partial charge in [-0.1, -0.05) is 42.5 Å². The molecule has 2 N–H and O–H groups in total. The number of carbonyl (C=O) groups excluding carboxylic acids is 1. The van der Waals surface area contributed by atoms with Gasteiger partial charge in [-0.3, -0.25) is 0 Å². The van der Waals surface area contributed by atoms with Crippen molar-refractivity contribution in [3.63, 3.8) is 0 Å². The van der Waals surface area contributed by atoms with Crippen LogP contribution >= 0.6 is 0 Å². The van der Waals surface area contributed by atoms with Crippen LogP contribution in [0.15, 0.2) is 71.3 Å². The summed E-state index contributed by atoms with van der Waals surface area (Å²) in [5, 5.41) is 19.1. The van der Waals surface area contributed by atoms with E-state index in [0.717, 1.165) is 11.1 Å². The average molecular weight is 385 g/mol. The highest BCUT2D eigenvalue weighted by Gasteiger charge is 2.36. The molecule has 1 heterocycles. The van der Waals surface area contributed by atoms with Gasteiger partial charge in [0.15, 0.2) is 0 Å². The largest absolute Gasteiger partial charge is 0.463 e. The fourth-order valence-electron chi connectivity index (χ4n) is 3.41. The number of hydrogen-bond acceptors (Lipinski definition) is 6. The first kappa shape index (κ1) is 19.7. The highest BCUT2D eigenvalue weighted by molar-refractivity contribution is 5.92. The van der Waals surface area contributed by atoms with E-state index in [1.54, 1.807) is 26.0 Å². The number of allylic oxidation sites excluding steroid dienone is 2. The monoisotopic (exact) mass is 385 g/mol. The molecule has 0 radical (unpaired) electrons. The summed E-state index contributed by atoms with van der Waals surface area (Å²) in [6.07, 6.45) is 0. The van der Waals surface area contributed by atoms with Crippen LogP contribution in [-0.4, -0.2) is 12.6 Å². The van der Waals surface area contributed by atoms with Gasteiger partial charge in [-0.2, -0.15) is 10.5 Å².